The number of hydrogen-bond donors (Lipinski definition) is 3. The molecule has 0 unspecified atom stereocenters. The van der Waals surface area contributed by atoms with Gasteiger partial charge in [0.25, 0.3) is 5.91 Å². The minimum Gasteiger partial charge on any atom is -0.409 e. The van der Waals surface area contributed by atoms with E-state index in [2.05, 4.69) is 33.1 Å². The van der Waals surface area contributed by atoms with Gasteiger partial charge in [0.15, 0.2) is 0 Å². The van der Waals surface area contributed by atoms with Gasteiger partial charge in [-0.1, -0.05) is 17.3 Å². The van der Waals surface area contributed by atoms with Crippen LogP contribution in [0.4, 0.5) is 0 Å². The highest BCUT2D eigenvalue weighted by Gasteiger charge is 2.10. The summed E-state index contributed by atoms with van der Waals surface area (Å²) in [6, 6.07) is 5.63. The van der Waals surface area contributed by atoms with Crippen LogP contribution in [0.3, 0.4) is 0 Å². The molecule has 5 nitrogen and oxygen atoms in total. The largest absolute Gasteiger partial charge is 0.409 e. The first-order valence-electron chi connectivity index (χ1n) is 5.56. The number of carbonyl (C=O) groups excluding carboxylic acids is 1. The van der Waals surface area contributed by atoms with Crippen LogP contribution in [0.5, 0.6) is 0 Å². The Morgan fingerprint density at radius 3 is 2.94 bits per heavy atom. The SMILES string of the molecule is Cc1cccc(C(=O)NCCC/C(N)=N/O)c1I. The van der Waals surface area contributed by atoms with E-state index in [1.165, 1.54) is 0 Å². The normalized spacial score (nSPS) is 11.3. The van der Waals surface area contributed by atoms with Gasteiger partial charge >= 0.3 is 0 Å². The number of nitrogens with one attached hydrogen (secondary N) is 1. The second kappa shape index (κ2) is 7.20. The van der Waals surface area contributed by atoms with Gasteiger partial charge in [-0.05, 0) is 47.6 Å². The summed E-state index contributed by atoms with van der Waals surface area (Å²) in [5, 5.41) is 14.0. The van der Waals surface area contributed by atoms with Crippen molar-refractivity contribution in [3.8, 4) is 0 Å². The monoisotopic (exact) mass is 361 g/mol. The van der Waals surface area contributed by atoms with E-state index in [4.69, 9.17) is 10.9 Å². The summed E-state index contributed by atoms with van der Waals surface area (Å²) in [7, 11) is 0. The van der Waals surface area contributed by atoms with Gasteiger partial charge in [-0.25, -0.2) is 0 Å². The number of amidine groups is 1. The Bertz CT molecular complexity index is 461. The van der Waals surface area contributed by atoms with Gasteiger partial charge < -0.3 is 16.3 Å². The number of benzene rings is 1. The summed E-state index contributed by atoms with van der Waals surface area (Å²) in [6.07, 6.45) is 1.10. The fourth-order valence-electron chi connectivity index (χ4n) is 1.44. The predicted molar refractivity (Wildman–Crippen MR) is 78.9 cm³/mol. The van der Waals surface area contributed by atoms with E-state index >= 15 is 0 Å². The van der Waals surface area contributed by atoms with E-state index in [1.54, 1.807) is 6.07 Å². The number of nitrogens with zero attached hydrogens (tertiary/aromatic N) is 1. The zero-order valence-electron chi connectivity index (χ0n) is 10.1. The van der Waals surface area contributed by atoms with Crippen molar-refractivity contribution >= 4 is 34.3 Å². The summed E-state index contributed by atoms with van der Waals surface area (Å²) < 4.78 is 0.962. The Labute approximate surface area is 120 Å². The molecule has 0 saturated heterocycles. The average Bonchev–Trinajstić information content (AvgIpc) is 2.37. The van der Waals surface area contributed by atoms with Crippen molar-refractivity contribution in [1.82, 2.24) is 5.32 Å². The van der Waals surface area contributed by atoms with E-state index in [0.29, 0.717) is 24.9 Å². The molecule has 0 aliphatic carbocycles. The molecule has 0 aliphatic heterocycles. The van der Waals surface area contributed by atoms with Crippen LogP contribution in [0.1, 0.15) is 28.8 Å². The average molecular weight is 361 g/mol. The Balaban J connectivity index is 2.49. The standard InChI is InChI=1S/C12H16IN3O2/c1-8-4-2-5-9(11(8)13)12(17)15-7-3-6-10(14)16-18/h2,4-5,18H,3,6-7H2,1H3,(H2,14,16)(H,15,17). The molecule has 98 valence electrons. The van der Waals surface area contributed by atoms with Crippen LogP contribution in [-0.2, 0) is 0 Å². The summed E-state index contributed by atoms with van der Waals surface area (Å²) >= 11 is 2.16. The summed E-state index contributed by atoms with van der Waals surface area (Å²) in [5.74, 6) is 0.0805. The number of carbonyl (C=O) groups is 1. The van der Waals surface area contributed by atoms with Gasteiger partial charge in [-0.2, -0.15) is 0 Å². The van der Waals surface area contributed by atoms with Gasteiger partial charge in [-0.3, -0.25) is 4.79 Å². The quantitative estimate of drug-likeness (QED) is 0.187. The van der Waals surface area contributed by atoms with Crippen molar-refractivity contribution in [1.29, 1.82) is 0 Å². The first-order valence-corrected chi connectivity index (χ1v) is 6.64. The number of rotatable bonds is 5. The molecule has 0 saturated carbocycles. The van der Waals surface area contributed by atoms with E-state index in [-0.39, 0.29) is 11.7 Å². The number of halogens is 1. The third-order valence-corrected chi connectivity index (χ3v) is 3.89. The van der Waals surface area contributed by atoms with Crippen LogP contribution < -0.4 is 11.1 Å². The second-order valence-corrected chi connectivity index (χ2v) is 4.97. The van der Waals surface area contributed by atoms with Gasteiger partial charge in [0.05, 0.1) is 5.56 Å². The maximum absolute atomic E-state index is 11.9. The second-order valence-electron chi connectivity index (χ2n) is 3.89. The number of oxime groups is 1. The number of aryl methyl sites for hydroxylation is 1. The van der Waals surface area contributed by atoms with E-state index in [0.717, 1.165) is 9.13 Å². The van der Waals surface area contributed by atoms with Gasteiger partial charge in [0, 0.05) is 16.5 Å². The third-order valence-electron chi connectivity index (χ3n) is 2.46. The molecule has 18 heavy (non-hydrogen) atoms. The molecule has 0 fully saturated rings. The van der Waals surface area contributed by atoms with Crippen molar-refractivity contribution in [2.75, 3.05) is 6.54 Å². The molecule has 1 aromatic carbocycles. The molecule has 1 aromatic rings. The Hall–Kier alpha value is -1.31. The van der Waals surface area contributed by atoms with Gasteiger partial charge in [0.2, 0.25) is 0 Å². The first kappa shape index (κ1) is 14.7. The Morgan fingerprint density at radius 2 is 2.28 bits per heavy atom. The molecular weight excluding hydrogens is 345 g/mol. The van der Waals surface area contributed by atoms with Crippen LogP contribution in [0.25, 0.3) is 0 Å². The first-order chi connectivity index (χ1) is 8.56. The summed E-state index contributed by atoms with van der Waals surface area (Å²) in [4.78, 5) is 11.9. The smallest absolute Gasteiger partial charge is 0.252 e. The van der Waals surface area contributed by atoms with E-state index in [9.17, 15) is 4.79 Å². The molecule has 4 N–H and O–H groups in total. The molecule has 0 radical (unpaired) electrons. The fraction of sp³-hybridized carbons (Fsp3) is 0.333. The molecule has 0 heterocycles. The molecule has 0 aromatic heterocycles. The number of hydrogen-bond acceptors (Lipinski definition) is 3. The molecule has 0 bridgehead atoms. The maximum Gasteiger partial charge on any atom is 0.252 e. The topological polar surface area (TPSA) is 87.7 Å². The van der Waals surface area contributed by atoms with E-state index < -0.39 is 0 Å². The summed E-state index contributed by atoms with van der Waals surface area (Å²) in [6.45, 7) is 2.47. The summed E-state index contributed by atoms with van der Waals surface area (Å²) in [5.41, 5.74) is 7.09. The third kappa shape index (κ3) is 4.17. The Kier molecular flexibility index (Phi) is 5.90. The Morgan fingerprint density at radius 1 is 1.56 bits per heavy atom. The number of amides is 1. The lowest BCUT2D eigenvalue weighted by Gasteiger charge is -2.08. The van der Waals surface area contributed by atoms with Gasteiger partial charge in [0.1, 0.15) is 5.84 Å². The predicted octanol–water partition coefficient (Wildman–Crippen LogP) is 1.86. The van der Waals surface area contributed by atoms with Crippen LogP contribution >= 0.6 is 22.6 Å². The molecular formula is C12H16IN3O2. The van der Waals surface area contributed by atoms with E-state index in [1.807, 2.05) is 19.1 Å². The zero-order chi connectivity index (χ0) is 13.5. The lowest BCUT2D eigenvalue weighted by Crippen LogP contribution is -2.26. The molecule has 0 atom stereocenters. The van der Waals surface area contributed by atoms with Crippen LogP contribution in [0, 0.1) is 10.5 Å². The molecule has 6 heteroatoms. The molecule has 1 rings (SSSR count). The highest BCUT2D eigenvalue weighted by molar-refractivity contribution is 14.1. The van der Waals surface area contributed by atoms with Crippen LogP contribution in [0.15, 0.2) is 23.4 Å². The highest BCUT2D eigenvalue weighted by Crippen LogP contribution is 2.16. The lowest BCUT2D eigenvalue weighted by molar-refractivity contribution is 0.0952. The zero-order valence-corrected chi connectivity index (χ0v) is 12.3. The lowest BCUT2D eigenvalue weighted by atomic mass is 10.1. The van der Waals surface area contributed by atoms with Crippen molar-refractivity contribution in [3.63, 3.8) is 0 Å². The van der Waals surface area contributed by atoms with Crippen molar-refractivity contribution in [3.05, 3.63) is 32.9 Å². The maximum atomic E-state index is 11.9. The number of nitrogens with two attached hydrogens (primary N) is 1. The van der Waals surface area contributed by atoms with Crippen LogP contribution in [0.2, 0.25) is 0 Å². The van der Waals surface area contributed by atoms with Crippen LogP contribution in [-0.4, -0.2) is 23.5 Å². The molecule has 1 amide bonds. The van der Waals surface area contributed by atoms with Gasteiger partial charge in [-0.15, -0.1) is 0 Å². The minimum atomic E-state index is -0.0948. The van der Waals surface area contributed by atoms with Crippen molar-refractivity contribution in [2.24, 2.45) is 10.9 Å². The highest BCUT2D eigenvalue weighted by atomic mass is 127. The molecule has 0 aliphatic rings. The fourth-order valence-corrected chi connectivity index (χ4v) is 2.04. The van der Waals surface area contributed by atoms with Crippen molar-refractivity contribution < 1.29 is 10.0 Å². The van der Waals surface area contributed by atoms with Crippen molar-refractivity contribution in [2.45, 2.75) is 19.8 Å². The molecule has 0 spiro atoms. The minimum absolute atomic E-state index is 0.0948.